The molecule has 0 bridgehead atoms. The predicted octanol–water partition coefficient (Wildman–Crippen LogP) is 5.76. The second-order valence-corrected chi connectivity index (χ2v) is 7.36. The Balaban J connectivity index is 2.43. The van der Waals surface area contributed by atoms with Crippen molar-refractivity contribution in [3.05, 3.63) is 55.2 Å². The molecule has 3 heteroatoms. The standard InChI is InChI=1S/C14H14BrClS/c1-8-4-5-11(9(2)6-8)14(16)12-7-13(15)17-10(12)3/h4-7,14H,1-3H3. The first-order valence-electron chi connectivity index (χ1n) is 5.46. The fraction of sp³-hybridized carbons (Fsp3) is 0.286. The summed E-state index contributed by atoms with van der Waals surface area (Å²) in [6.07, 6.45) is 0. The third kappa shape index (κ3) is 2.75. The minimum atomic E-state index is -0.0573. The molecule has 0 saturated heterocycles. The summed E-state index contributed by atoms with van der Waals surface area (Å²) < 4.78 is 1.14. The zero-order valence-corrected chi connectivity index (χ0v) is 13.2. The van der Waals surface area contributed by atoms with Gasteiger partial charge in [0, 0.05) is 4.88 Å². The number of rotatable bonds is 2. The van der Waals surface area contributed by atoms with Gasteiger partial charge in [-0.3, -0.25) is 0 Å². The summed E-state index contributed by atoms with van der Waals surface area (Å²) >= 11 is 11.8. The number of hydrogen-bond acceptors (Lipinski definition) is 1. The highest BCUT2D eigenvalue weighted by Crippen LogP contribution is 2.38. The maximum atomic E-state index is 6.59. The molecular weight excluding hydrogens is 316 g/mol. The molecule has 1 aromatic heterocycles. The van der Waals surface area contributed by atoms with Crippen LogP contribution in [-0.4, -0.2) is 0 Å². The van der Waals surface area contributed by atoms with E-state index in [4.69, 9.17) is 11.6 Å². The fourth-order valence-electron chi connectivity index (χ4n) is 1.99. The van der Waals surface area contributed by atoms with Crippen LogP contribution in [0, 0.1) is 20.8 Å². The van der Waals surface area contributed by atoms with Crippen LogP contribution in [-0.2, 0) is 0 Å². The van der Waals surface area contributed by atoms with Gasteiger partial charge in [-0.05, 0) is 59.5 Å². The van der Waals surface area contributed by atoms with Crippen molar-refractivity contribution in [1.29, 1.82) is 0 Å². The van der Waals surface area contributed by atoms with Crippen LogP contribution in [0.5, 0.6) is 0 Å². The normalized spacial score (nSPS) is 12.8. The van der Waals surface area contributed by atoms with Gasteiger partial charge in [0.2, 0.25) is 0 Å². The summed E-state index contributed by atoms with van der Waals surface area (Å²) in [4.78, 5) is 1.27. The van der Waals surface area contributed by atoms with E-state index in [1.807, 2.05) is 0 Å². The summed E-state index contributed by atoms with van der Waals surface area (Å²) in [6, 6.07) is 8.56. The van der Waals surface area contributed by atoms with Gasteiger partial charge in [0.25, 0.3) is 0 Å². The molecule has 0 amide bonds. The van der Waals surface area contributed by atoms with Crippen molar-refractivity contribution < 1.29 is 0 Å². The highest BCUT2D eigenvalue weighted by Gasteiger charge is 2.17. The van der Waals surface area contributed by atoms with Gasteiger partial charge in [0.15, 0.2) is 0 Å². The molecule has 0 saturated carbocycles. The van der Waals surface area contributed by atoms with Crippen LogP contribution in [0.3, 0.4) is 0 Å². The predicted molar refractivity (Wildman–Crippen MR) is 80.4 cm³/mol. The van der Waals surface area contributed by atoms with Crippen molar-refractivity contribution in [2.45, 2.75) is 26.1 Å². The van der Waals surface area contributed by atoms with Crippen LogP contribution in [0.25, 0.3) is 0 Å². The molecule has 2 rings (SSSR count). The SMILES string of the molecule is Cc1ccc(C(Cl)c2cc(Br)sc2C)c(C)c1. The number of thiophene rings is 1. The highest BCUT2D eigenvalue weighted by molar-refractivity contribution is 9.11. The molecule has 17 heavy (non-hydrogen) atoms. The van der Waals surface area contributed by atoms with Crippen LogP contribution in [0.2, 0.25) is 0 Å². The van der Waals surface area contributed by atoms with Crippen LogP contribution >= 0.6 is 38.9 Å². The van der Waals surface area contributed by atoms with Crippen LogP contribution in [0.4, 0.5) is 0 Å². The van der Waals surface area contributed by atoms with Crippen molar-refractivity contribution in [3.8, 4) is 0 Å². The van der Waals surface area contributed by atoms with Crippen LogP contribution in [0.1, 0.15) is 32.5 Å². The number of aryl methyl sites for hydroxylation is 3. The Hall–Kier alpha value is -0.310. The molecule has 0 radical (unpaired) electrons. The molecular formula is C14H14BrClS. The Bertz CT molecular complexity index is 545. The third-order valence-electron chi connectivity index (χ3n) is 2.90. The minimum absolute atomic E-state index is 0.0573. The van der Waals surface area contributed by atoms with Gasteiger partial charge in [-0.1, -0.05) is 23.8 Å². The zero-order chi connectivity index (χ0) is 12.6. The largest absolute Gasteiger partial charge is 0.133 e. The number of alkyl halides is 1. The van der Waals surface area contributed by atoms with E-state index in [2.05, 4.69) is 61.0 Å². The second-order valence-electron chi connectivity index (χ2n) is 4.28. The lowest BCUT2D eigenvalue weighted by Crippen LogP contribution is -1.96. The monoisotopic (exact) mass is 328 g/mol. The first-order valence-corrected chi connectivity index (χ1v) is 7.50. The number of halogens is 2. The van der Waals surface area contributed by atoms with E-state index in [0.29, 0.717) is 0 Å². The Labute approximate surface area is 120 Å². The molecule has 1 atom stereocenters. The molecule has 0 nitrogen and oxygen atoms in total. The van der Waals surface area contributed by atoms with E-state index >= 15 is 0 Å². The lowest BCUT2D eigenvalue weighted by atomic mass is 9.99. The topological polar surface area (TPSA) is 0 Å². The van der Waals surface area contributed by atoms with Gasteiger partial charge in [-0.15, -0.1) is 22.9 Å². The maximum absolute atomic E-state index is 6.59. The van der Waals surface area contributed by atoms with Crippen LogP contribution < -0.4 is 0 Å². The Morgan fingerprint density at radius 2 is 1.82 bits per heavy atom. The van der Waals surface area contributed by atoms with E-state index in [-0.39, 0.29) is 5.38 Å². The molecule has 0 N–H and O–H groups in total. The third-order valence-corrected chi connectivity index (χ3v) is 4.94. The van der Waals surface area contributed by atoms with Gasteiger partial charge >= 0.3 is 0 Å². The van der Waals surface area contributed by atoms with Crippen LogP contribution in [0.15, 0.2) is 28.1 Å². The molecule has 0 fully saturated rings. The van der Waals surface area contributed by atoms with Gasteiger partial charge in [-0.2, -0.15) is 0 Å². The molecule has 1 aromatic carbocycles. The first-order chi connectivity index (χ1) is 7.99. The molecule has 90 valence electrons. The summed E-state index contributed by atoms with van der Waals surface area (Å²) in [5, 5.41) is -0.0573. The van der Waals surface area contributed by atoms with Gasteiger partial charge in [0.1, 0.15) is 0 Å². The van der Waals surface area contributed by atoms with Gasteiger partial charge in [-0.25, -0.2) is 0 Å². The summed E-state index contributed by atoms with van der Waals surface area (Å²) in [5.74, 6) is 0. The van der Waals surface area contributed by atoms with E-state index in [0.717, 1.165) is 3.79 Å². The van der Waals surface area contributed by atoms with Gasteiger partial charge < -0.3 is 0 Å². The zero-order valence-electron chi connectivity index (χ0n) is 10.1. The van der Waals surface area contributed by atoms with Crippen molar-refractivity contribution in [1.82, 2.24) is 0 Å². The summed E-state index contributed by atoms with van der Waals surface area (Å²) in [5.41, 5.74) is 4.94. The average molecular weight is 330 g/mol. The highest BCUT2D eigenvalue weighted by atomic mass is 79.9. The molecule has 0 spiro atoms. The summed E-state index contributed by atoms with van der Waals surface area (Å²) in [6.45, 7) is 6.34. The smallest absolute Gasteiger partial charge is 0.0849 e. The Morgan fingerprint density at radius 3 is 2.35 bits per heavy atom. The number of hydrogen-bond donors (Lipinski definition) is 0. The molecule has 2 aromatic rings. The van der Waals surface area contributed by atoms with E-state index in [1.54, 1.807) is 11.3 Å². The lowest BCUT2D eigenvalue weighted by Gasteiger charge is -2.13. The molecule has 1 unspecified atom stereocenters. The molecule has 1 heterocycles. The quantitative estimate of drug-likeness (QED) is 0.614. The van der Waals surface area contributed by atoms with Crippen molar-refractivity contribution in [3.63, 3.8) is 0 Å². The summed E-state index contributed by atoms with van der Waals surface area (Å²) in [7, 11) is 0. The minimum Gasteiger partial charge on any atom is -0.133 e. The van der Waals surface area contributed by atoms with E-state index < -0.39 is 0 Å². The van der Waals surface area contributed by atoms with Crippen molar-refractivity contribution in [2.75, 3.05) is 0 Å². The first kappa shape index (κ1) is 13.1. The van der Waals surface area contributed by atoms with E-state index in [1.165, 1.54) is 27.1 Å². The molecule has 0 aliphatic heterocycles. The molecule has 0 aliphatic carbocycles. The van der Waals surface area contributed by atoms with E-state index in [9.17, 15) is 0 Å². The maximum Gasteiger partial charge on any atom is 0.0849 e. The Morgan fingerprint density at radius 1 is 1.12 bits per heavy atom. The van der Waals surface area contributed by atoms with Crippen molar-refractivity contribution >= 4 is 38.9 Å². The van der Waals surface area contributed by atoms with Crippen molar-refractivity contribution in [2.24, 2.45) is 0 Å². The lowest BCUT2D eigenvalue weighted by molar-refractivity contribution is 1.10. The average Bonchev–Trinajstić information content (AvgIpc) is 2.57. The molecule has 0 aliphatic rings. The van der Waals surface area contributed by atoms with Gasteiger partial charge in [0.05, 0.1) is 9.16 Å². The Kier molecular flexibility index (Phi) is 3.96. The number of benzene rings is 1. The second kappa shape index (κ2) is 5.13. The fourth-order valence-corrected chi connectivity index (χ4v) is 4.27.